The summed E-state index contributed by atoms with van der Waals surface area (Å²) in [6.45, 7) is 0.509. The molecule has 17 heavy (non-hydrogen) atoms. The minimum absolute atomic E-state index is 0.0371. The summed E-state index contributed by atoms with van der Waals surface area (Å²) in [4.78, 5) is 11.9. The summed E-state index contributed by atoms with van der Waals surface area (Å²) < 4.78 is 0. The quantitative estimate of drug-likeness (QED) is 0.867. The van der Waals surface area contributed by atoms with Crippen LogP contribution in [0.4, 0.5) is 0 Å². The Morgan fingerprint density at radius 1 is 1.29 bits per heavy atom. The van der Waals surface area contributed by atoms with E-state index in [1.54, 1.807) is 0 Å². The van der Waals surface area contributed by atoms with Crippen LogP contribution in [0.25, 0.3) is 0 Å². The molecule has 0 radical (unpaired) electrons. The lowest BCUT2D eigenvalue weighted by Crippen LogP contribution is -2.51. The summed E-state index contributed by atoms with van der Waals surface area (Å²) in [6, 6.07) is 7.44. The highest BCUT2D eigenvalue weighted by atomic mass is 35.5. The minimum atomic E-state index is -0.646. The number of nitrogens with two attached hydrogens (primary N) is 1. The van der Waals surface area contributed by atoms with Gasteiger partial charge in [0.25, 0.3) is 0 Å². The number of amides is 1. The fourth-order valence-electron chi connectivity index (χ4n) is 2.19. The molecule has 1 aliphatic carbocycles. The van der Waals surface area contributed by atoms with E-state index in [9.17, 15) is 4.79 Å². The molecule has 1 amide bonds. The van der Waals surface area contributed by atoms with Crippen LogP contribution in [0.1, 0.15) is 31.2 Å². The van der Waals surface area contributed by atoms with Gasteiger partial charge < -0.3 is 11.1 Å². The van der Waals surface area contributed by atoms with E-state index in [0.717, 1.165) is 31.2 Å². The molecule has 3 nitrogen and oxygen atoms in total. The first-order chi connectivity index (χ1) is 8.10. The van der Waals surface area contributed by atoms with Gasteiger partial charge in [-0.05, 0) is 30.5 Å². The van der Waals surface area contributed by atoms with Crippen LogP contribution < -0.4 is 11.1 Å². The molecule has 1 aromatic rings. The van der Waals surface area contributed by atoms with Gasteiger partial charge in [-0.15, -0.1) is 0 Å². The van der Waals surface area contributed by atoms with Crippen LogP contribution in [0.2, 0.25) is 5.02 Å². The van der Waals surface area contributed by atoms with E-state index in [0.29, 0.717) is 11.6 Å². The Hall–Kier alpha value is -1.06. The molecule has 0 spiro atoms. The second-order valence-corrected chi connectivity index (χ2v) is 5.11. The number of hydrogen-bond donors (Lipinski definition) is 2. The lowest BCUT2D eigenvalue weighted by atomic mass is 9.98. The monoisotopic (exact) mass is 252 g/mol. The van der Waals surface area contributed by atoms with Crippen LogP contribution in [0.3, 0.4) is 0 Å². The first kappa shape index (κ1) is 12.4. The van der Waals surface area contributed by atoms with E-state index in [1.807, 2.05) is 24.3 Å². The van der Waals surface area contributed by atoms with Crippen LogP contribution in [0.15, 0.2) is 24.3 Å². The third-order valence-electron chi connectivity index (χ3n) is 3.31. The first-order valence-electron chi connectivity index (χ1n) is 5.92. The van der Waals surface area contributed by atoms with E-state index < -0.39 is 5.54 Å². The Kier molecular flexibility index (Phi) is 3.69. The van der Waals surface area contributed by atoms with Gasteiger partial charge in [0, 0.05) is 11.6 Å². The van der Waals surface area contributed by atoms with Crippen LogP contribution in [0, 0.1) is 0 Å². The van der Waals surface area contributed by atoms with Crippen LogP contribution in [-0.4, -0.2) is 11.4 Å². The molecule has 1 aliphatic rings. The number of hydrogen-bond acceptors (Lipinski definition) is 2. The molecular weight excluding hydrogens is 236 g/mol. The molecule has 0 saturated heterocycles. The van der Waals surface area contributed by atoms with Gasteiger partial charge in [0.15, 0.2) is 0 Å². The largest absolute Gasteiger partial charge is 0.350 e. The van der Waals surface area contributed by atoms with Gasteiger partial charge in [-0.1, -0.05) is 36.6 Å². The van der Waals surface area contributed by atoms with Gasteiger partial charge in [0.2, 0.25) is 5.91 Å². The van der Waals surface area contributed by atoms with E-state index in [-0.39, 0.29) is 5.91 Å². The molecule has 0 unspecified atom stereocenters. The summed E-state index contributed by atoms with van der Waals surface area (Å²) in [5.74, 6) is -0.0371. The van der Waals surface area contributed by atoms with Crippen molar-refractivity contribution in [3.05, 3.63) is 34.9 Å². The van der Waals surface area contributed by atoms with Crippen LogP contribution in [-0.2, 0) is 11.3 Å². The lowest BCUT2D eigenvalue weighted by molar-refractivity contribution is -0.126. The topological polar surface area (TPSA) is 55.1 Å². The Balaban J connectivity index is 1.89. The lowest BCUT2D eigenvalue weighted by Gasteiger charge is -2.22. The van der Waals surface area contributed by atoms with Gasteiger partial charge in [-0.3, -0.25) is 4.79 Å². The molecule has 92 valence electrons. The average molecular weight is 253 g/mol. The fourth-order valence-corrected chi connectivity index (χ4v) is 2.32. The molecule has 0 bridgehead atoms. The molecule has 0 aromatic heterocycles. The van der Waals surface area contributed by atoms with Gasteiger partial charge in [0.1, 0.15) is 0 Å². The number of nitrogens with one attached hydrogen (secondary N) is 1. The molecule has 4 heteroatoms. The molecular formula is C13H17ClN2O. The summed E-state index contributed by atoms with van der Waals surface area (Å²) >= 11 is 5.79. The van der Waals surface area contributed by atoms with Crippen molar-refractivity contribution in [2.75, 3.05) is 0 Å². The fraction of sp³-hybridized carbons (Fsp3) is 0.462. The van der Waals surface area contributed by atoms with Gasteiger partial charge in [-0.2, -0.15) is 0 Å². The Labute approximate surface area is 106 Å². The maximum Gasteiger partial charge on any atom is 0.240 e. The van der Waals surface area contributed by atoms with Crippen molar-refractivity contribution >= 4 is 17.5 Å². The predicted octanol–water partition coefficient (Wildman–Crippen LogP) is 2.23. The van der Waals surface area contributed by atoms with Crippen molar-refractivity contribution in [2.24, 2.45) is 5.73 Å². The highest BCUT2D eigenvalue weighted by molar-refractivity contribution is 6.30. The average Bonchev–Trinajstić information content (AvgIpc) is 2.76. The SMILES string of the molecule is NC1(C(=O)NCc2ccc(Cl)cc2)CCCC1. The summed E-state index contributed by atoms with van der Waals surface area (Å²) in [5, 5.41) is 3.59. The van der Waals surface area contributed by atoms with Crippen LogP contribution in [0.5, 0.6) is 0 Å². The molecule has 3 N–H and O–H groups in total. The second-order valence-electron chi connectivity index (χ2n) is 4.67. The van der Waals surface area contributed by atoms with Crippen molar-refractivity contribution in [2.45, 2.75) is 37.8 Å². The molecule has 1 fully saturated rings. The summed E-state index contributed by atoms with van der Waals surface area (Å²) in [6.07, 6.45) is 3.68. The highest BCUT2D eigenvalue weighted by Crippen LogP contribution is 2.27. The maximum absolute atomic E-state index is 11.9. The van der Waals surface area contributed by atoms with Gasteiger partial charge in [-0.25, -0.2) is 0 Å². The maximum atomic E-state index is 11.9. The Morgan fingerprint density at radius 2 is 1.88 bits per heavy atom. The number of carbonyl (C=O) groups excluding carboxylic acids is 1. The summed E-state index contributed by atoms with van der Waals surface area (Å²) in [5.41, 5.74) is 6.44. The minimum Gasteiger partial charge on any atom is -0.350 e. The van der Waals surface area contributed by atoms with Gasteiger partial charge >= 0.3 is 0 Å². The number of rotatable bonds is 3. The molecule has 0 heterocycles. The van der Waals surface area contributed by atoms with E-state index in [4.69, 9.17) is 17.3 Å². The Morgan fingerprint density at radius 3 is 2.47 bits per heavy atom. The van der Waals surface area contributed by atoms with Crippen molar-refractivity contribution < 1.29 is 4.79 Å². The van der Waals surface area contributed by atoms with E-state index >= 15 is 0 Å². The number of halogens is 1. The third kappa shape index (κ3) is 2.99. The van der Waals surface area contributed by atoms with Crippen molar-refractivity contribution in [3.8, 4) is 0 Å². The zero-order chi connectivity index (χ0) is 12.3. The van der Waals surface area contributed by atoms with Crippen LogP contribution >= 0.6 is 11.6 Å². The van der Waals surface area contributed by atoms with E-state index in [1.165, 1.54) is 0 Å². The molecule has 0 aliphatic heterocycles. The second kappa shape index (κ2) is 5.07. The highest BCUT2D eigenvalue weighted by Gasteiger charge is 2.36. The van der Waals surface area contributed by atoms with Crippen molar-refractivity contribution in [1.82, 2.24) is 5.32 Å². The molecule has 1 saturated carbocycles. The third-order valence-corrected chi connectivity index (χ3v) is 3.57. The summed E-state index contributed by atoms with van der Waals surface area (Å²) in [7, 11) is 0. The number of carbonyl (C=O) groups is 1. The zero-order valence-corrected chi connectivity index (χ0v) is 10.5. The Bertz CT molecular complexity index is 396. The molecule has 0 atom stereocenters. The predicted molar refractivity (Wildman–Crippen MR) is 68.7 cm³/mol. The first-order valence-corrected chi connectivity index (χ1v) is 6.30. The van der Waals surface area contributed by atoms with E-state index in [2.05, 4.69) is 5.32 Å². The standard InChI is InChI=1S/C13H17ClN2O/c14-11-5-3-10(4-6-11)9-16-12(17)13(15)7-1-2-8-13/h3-6H,1-2,7-9,15H2,(H,16,17). The van der Waals surface area contributed by atoms with Gasteiger partial charge in [0.05, 0.1) is 5.54 Å². The number of benzene rings is 1. The zero-order valence-electron chi connectivity index (χ0n) is 9.71. The normalized spacial score (nSPS) is 18.0. The molecule has 2 rings (SSSR count). The van der Waals surface area contributed by atoms with Crippen molar-refractivity contribution in [3.63, 3.8) is 0 Å². The van der Waals surface area contributed by atoms with Crippen molar-refractivity contribution in [1.29, 1.82) is 0 Å². The molecule has 1 aromatic carbocycles. The smallest absolute Gasteiger partial charge is 0.240 e.